The second-order valence-electron chi connectivity index (χ2n) is 3.27. The Morgan fingerprint density at radius 1 is 1.33 bits per heavy atom. The lowest BCUT2D eigenvalue weighted by molar-refractivity contribution is -0.0455. The summed E-state index contributed by atoms with van der Waals surface area (Å²) in [6, 6.07) is 7.33. The maximum absolute atomic E-state index is 9.62. The van der Waals surface area contributed by atoms with Crippen LogP contribution in [0.2, 0.25) is 0 Å². The molecule has 0 bridgehead atoms. The van der Waals surface area contributed by atoms with Crippen LogP contribution in [0.15, 0.2) is 24.3 Å². The van der Waals surface area contributed by atoms with Gasteiger partial charge >= 0.3 is 0 Å². The van der Waals surface area contributed by atoms with Crippen LogP contribution in [-0.4, -0.2) is 18.3 Å². The zero-order chi connectivity index (χ0) is 10.7. The summed E-state index contributed by atoms with van der Waals surface area (Å²) in [7, 11) is 0. The van der Waals surface area contributed by atoms with Crippen molar-refractivity contribution in [2.24, 2.45) is 0 Å². The third-order valence-corrected chi connectivity index (χ3v) is 2.32. The van der Waals surface area contributed by atoms with Crippen molar-refractivity contribution >= 4 is 0 Å². The van der Waals surface area contributed by atoms with Crippen LogP contribution in [0, 0.1) is 12.3 Å². The largest absolute Gasteiger partial charge is 0.376 e. The van der Waals surface area contributed by atoms with E-state index >= 15 is 0 Å². The van der Waals surface area contributed by atoms with Gasteiger partial charge in [0.25, 0.3) is 0 Å². The van der Waals surface area contributed by atoms with Gasteiger partial charge in [0, 0.05) is 11.1 Å². The number of rotatable bonds is 2. The summed E-state index contributed by atoms with van der Waals surface area (Å²) in [5.74, 6) is 2.29. The molecule has 1 atom stereocenters. The first-order valence-electron chi connectivity index (χ1n) is 4.79. The lowest BCUT2D eigenvalue weighted by atomic mass is 10.0. The van der Waals surface area contributed by atoms with Crippen LogP contribution < -0.4 is 0 Å². The molecule has 3 heteroatoms. The summed E-state index contributed by atoms with van der Waals surface area (Å²) in [6.45, 7) is 1.15. The summed E-state index contributed by atoms with van der Waals surface area (Å²) in [5, 5.41) is 9.62. The Morgan fingerprint density at radius 2 is 2.00 bits per heavy atom. The van der Waals surface area contributed by atoms with Gasteiger partial charge in [0.15, 0.2) is 6.29 Å². The van der Waals surface area contributed by atoms with Crippen molar-refractivity contribution in [3.8, 4) is 12.3 Å². The quantitative estimate of drug-likeness (QED) is 0.740. The minimum atomic E-state index is -0.908. The Bertz CT molecular complexity index is 375. The summed E-state index contributed by atoms with van der Waals surface area (Å²) < 4.78 is 10.7. The molecule has 1 aromatic carbocycles. The van der Waals surface area contributed by atoms with E-state index in [1.165, 1.54) is 0 Å². The molecule has 1 aliphatic rings. The molecule has 3 nitrogen and oxygen atoms in total. The fraction of sp³-hybridized carbons (Fsp3) is 0.333. The Kier molecular flexibility index (Phi) is 3.02. The molecular formula is C12H12O3. The van der Waals surface area contributed by atoms with E-state index in [4.69, 9.17) is 15.9 Å². The molecule has 1 unspecified atom stereocenters. The maximum Gasteiger partial charge on any atom is 0.184 e. The molecule has 2 rings (SSSR count). The van der Waals surface area contributed by atoms with Crippen molar-refractivity contribution in [3.63, 3.8) is 0 Å². The van der Waals surface area contributed by atoms with Crippen molar-refractivity contribution in [1.29, 1.82) is 0 Å². The molecule has 0 saturated carbocycles. The zero-order valence-electron chi connectivity index (χ0n) is 8.22. The van der Waals surface area contributed by atoms with Crippen molar-refractivity contribution in [2.45, 2.75) is 12.4 Å². The minimum Gasteiger partial charge on any atom is -0.376 e. The van der Waals surface area contributed by atoms with Gasteiger partial charge in [-0.2, -0.15) is 0 Å². The van der Waals surface area contributed by atoms with E-state index in [9.17, 15) is 5.11 Å². The fourth-order valence-corrected chi connectivity index (χ4v) is 1.60. The minimum absolute atomic E-state index is 0.399. The first-order chi connectivity index (χ1) is 7.33. The highest BCUT2D eigenvalue weighted by Crippen LogP contribution is 2.29. The summed E-state index contributed by atoms with van der Waals surface area (Å²) in [6.07, 6.45) is 3.88. The smallest absolute Gasteiger partial charge is 0.184 e. The van der Waals surface area contributed by atoms with Crippen LogP contribution in [0.4, 0.5) is 0 Å². The van der Waals surface area contributed by atoms with Gasteiger partial charge in [-0.05, 0) is 0 Å². The topological polar surface area (TPSA) is 38.7 Å². The Labute approximate surface area is 88.6 Å². The highest BCUT2D eigenvalue weighted by Gasteiger charge is 2.22. The van der Waals surface area contributed by atoms with Crippen LogP contribution in [0.3, 0.4) is 0 Å². The number of aliphatic hydroxyl groups excluding tert-OH is 1. The van der Waals surface area contributed by atoms with Crippen LogP contribution in [0.25, 0.3) is 0 Å². The standard InChI is InChI=1S/C12H12O3/c1-2-11(13)9-5-3-4-6-10(9)12-14-7-8-15-12/h1,3-6,11-13H,7-8H2. The Morgan fingerprint density at radius 3 is 2.67 bits per heavy atom. The summed E-state index contributed by atoms with van der Waals surface area (Å²) in [5.41, 5.74) is 1.48. The molecule has 78 valence electrons. The van der Waals surface area contributed by atoms with Crippen LogP contribution in [0.5, 0.6) is 0 Å². The van der Waals surface area contributed by atoms with E-state index in [2.05, 4.69) is 5.92 Å². The highest BCUT2D eigenvalue weighted by atomic mass is 16.7. The average molecular weight is 204 g/mol. The molecule has 1 heterocycles. The van der Waals surface area contributed by atoms with Gasteiger partial charge in [0.1, 0.15) is 6.10 Å². The van der Waals surface area contributed by atoms with Gasteiger partial charge in [0.05, 0.1) is 13.2 Å². The normalized spacial score (nSPS) is 18.7. The SMILES string of the molecule is C#CC(O)c1ccccc1C1OCCO1. The number of terminal acetylenes is 1. The summed E-state index contributed by atoms with van der Waals surface area (Å²) in [4.78, 5) is 0. The van der Waals surface area contributed by atoms with E-state index in [1.54, 1.807) is 6.07 Å². The van der Waals surface area contributed by atoms with Crippen molar-refractivity contribution in [3.05, 3.63) is 35.4 Å². The lowest BCUT2D eigenvalue weighted by Crippen LogP contribution is -2.05. The molecule has 0 amide bonds. The highest BCUT2D eigenvalue weighted by molar-refractivity contribution is 5.33. The van der Waals surface area contributed by atoms with Gasteiger partial charge in [-0.15, -0.1) is 6.42 Å². The zero-order valence-corrected chi connectivity index (χ0v) is 8.22. The molecule has 1 aromatic rings. The monoisotopic (exact) mass is 204 g/mol. The lowest BCUT2D eigenvalue weighted by Gasteiger charge is -2.15. The molecule has 0 aliphatic carbocycles. The molecule has 1 N–H and O–H groups in total. The van der Waals surface area contributed by atoms with Gasteiger partial charge in [-0.3, -0.25) is 0 Å². The van der Waals surface area contributed by atoms with Gasteiger partial charge < -0.3 is 14.6 Å². The molecular weight excluding hydrogens is 192 g/mol. The Hall–Kier alpha value is -1.34. The number of hydrogen-bond donors (Lipinski definition) is 1. The van der Waals surface area contributed by atoms with Crippen molar-refractivity contribution in [1.82, 2.24) is 0 Å². The predicted octanol–water partition coefficient (Wildman–Crippen LogP) is 1.40. The molecule has 15 heavy (non-hydrogen) atoms. The van der Waals surface area contributed by atoms with Gasteiger partial charge in [-0.25, -0.2) is 0 Å². The number of hydrogen-bond acceptors (Lipinski definition) is 3. The third kappa shape index (κ3) is 2.02. The van der Waals surface area contributed by atoms with E-state index in [1.807, 2.05) is 18.2 Å². The molecule has 1 fully saturated rings. The maximum atomic E-state index is 9.62. The average Bonchev–Trinajstić information content (AvgIpc) is 2.81. The van der Waals surface area contributed by atoms with Crippen molar-refractivity contribution < 1.29 is 14.6 Å². The fourth-order valence-electron chi connectivity index (χ4n) is 1.60. The number of ether oxygens (including phenoxy) is 2. The van der Waals surface area contributed by atoms with E-state index in [-0.39, 0.29) is 0 Å². The first kappa shape index (κ1) is 10.2. The Balaban J connectivity index is 2.33. The molecule has 0 radical (unpaired) electrons. The van der Waals surface area contributed by atoms with Crippen LogP contribution >= 0.6 is 0 Å². The van der Waals surface area contributed by atoms with E-state index < -0.39 is 12.4 Å². The summed E-state index contributed by atoms with van der Waals surface area (Å²) >= 11 is 0. The predicted molar refractivity (Wildman–Crippen MR) is 54.9 cm³/mol. The molecule has 1 saturated heterocycles. The third-order valence-electron chi connectivity index (χ3n) is 2.32. The molecule has 0 aromatic heterocycles. The van der Waals surface area contributed by atoms with Gasteiger partial charge in [-0.1, -0.05) is 30.2 Å². The first-order valence-corrected chi connectivity index (χ1v) is 4.79. The van der Waals surface area contributed by atoms with E-state index in [0.717, 1.165) is 5.56 Å². The second kappa shape index (κ2) is 4.45. The van der Waals surface area contributed by atoms with Crippen molar-refractivity contribution in [2.75, 3.05) is 13.2 Å². The number of benzene rings is 1. The molecule has 0 spiro atoms. The van der Waals surface area contributed by atoms with Gasteiger partial charge in [0.2, 0.25) is 0 Å². The van der Waals surface area contributed by atoms with Crippen LogP contribution in [-0.2, 0) is 9.47 Å². The molecule has 1 aliphatic heterocycles. The van der Waals surface area contributed by atoms with E-state index in [0.29, 0.717) is 18.8 Å². The number of aliphatic hydroxyl groups is 1. The second-order valence-corrected chi connectivity index (χ2v) is 3.27. The van der Waals surface area contributed by atoms with Crippen LogP contribution in [0.1, 0.15) is 23.5 Å².